The Morgan fingerprint density at radius 2 is 2.08 bits per heavy atom. The van der Waals surface area contributed by atoms with Crippen LogP contribution in [0.2, 0.25) is 0 Å². The quantitative estimate of drug-likeness (QED) is 0.717. The van der Waals surface area contributed by atoms with Crippen LogP contribution >= 0.6 is 11.3 Å². The van der Waals surface area contributed by atoms with Crippen LogP contribution in [0.4, 0.5) is 0 Å². The Hall–Kier alpha value is -0.740. The summed E-state index contributed by atoms with van der Waals surface area (Å²) in [7, 11) is 0. The highest BCUT2D eigenvalue weighted by Crippen LogP contribution is 2.36. The van der Waals surface area contributed by atoms with Gasteiger partial charge in [-0.1, -0.05) is 0 Å². The van der Waals surface area contributed by atoms with Crippen LogP contribution in [0.5, 0.6) is 11.5 Å². The molecule has 3 nitrogen and oxygen atoms in total. The molecule has 1 aliphatic rings. The highest BCUT2D eigenvalue weighted by atomic mass is 32.1. The van der Waals surface area contributed by atoms with E-state index in [1.54, 1.807) is 0 Å². The van der Waals surface area contributed by atoms with Gasteiger partial charge in [0.25, 0.3) is 0 Å². The first-order valence-corrected chi connectivity index (χ1v) is 4.76. The molecule has 0 bridgehead atoms. The predicted octanol–water partition coefficient (Wildman–Crippen LogP) is 1.27. The molecule has 1 aliphatic heterocycles. The molecule has 12 heavy (non-hydrogen) atoms. The summed E-state index contributed by atoms with van der Waals surface area (Å²) in [4.78, 5) is 0. The van der Waals surface area contributed by atoms with Gasteiger partial charge in [0, 0.05) is 10.8 Å². The van der Waals surface area contributed by atoms with Gasteiger partial charge in [-0.25, -0.2) is 0 Å². The van der Waals surface area contributed by atoms with Crippen molar-refractivity contribution < 1.29 is 14.6 Å². The minimum atomic E-state index is -0.230. The van der Waals surface area contributed by atoms with Crippen molar-refractivity contribution in [2.24, 2.45) is 0 Å². The third kappa shape index (κ3) is 1.17. The SMILES string of the molecule is CC1Oc2cscc2OC1CO. The Kier molecular flexibility index (Phi) is 1.94. The van der Waals surface area contributed by atoms with Crippen LogP contribution < -0.4 is 9.47 Å². The minimum absolute atomic E-state index is 0.00352. The molecule has 1 aromatic heterocycles. The summed E-state index contributed by atoms with van der Waals surface area (Å²) in [6, 6.07) is 0. The van der Waals surface area contributed by atoms with E-state index in [-0.39, 0.29) is 18.8 Å². The molecule has 0 aromatic carbocycles. The summed E-state index contributed by atoms with van der Waals surface area (Å²) >= 11 is 1.54. The Morgan fingerprint density at radius 1 is 1.42 bits per heavy atom. The number of fused-ring (bicyclic) bond motifs is 1. The number of aliphatic hydroxyl groups excluding tert-OH is 1. The highest BCUT2D eigenvalue weighted by molar-refractivity contribution is 7.08. The molecule has 2 rings (SSSR count). The van der Waals surface area contributed by atoms with Gasteiger partial charge in [-0.2, -0.15) is 0 Å². The lowest BCUT2D eigenvalue weighted by atomic mass is 10.2. The van der Waals surface area contributed by atoms with Crippen LogP contribution in [0.1, 0.15) is 6.92 Å². The first kappa shape index (κ1) is 7.89. The molecule has 66 valence electrons. The number of rotatable bonds is 1. The van der Waals surface area contributed by atoms with Crippen molar-refractivity contribution >= 4 is 11.3 Å². The van der Waals surface area contributed by atoms with Crippen LogP contribution in [-0.4, -0.2) is 23.9 Å². The van der Waals surface area contributed by atoms with Crippen molar-refractivity contribution in [1.29, 1.82) is 0 Å². The first-order valence-electron chi connectivity index (χ1n) is 3.81. The van der Waals surface area contributed by atoms with Crippen molar-refractivity contribution in [3.05, 3.63) is 10.8 Å². The monoisotopic (exact) mass is 186 g/mol. The van der Waals surface area contributed by atoms with Gasteiger partial charge in [-0.05, 0) is 6.92 Å². The molecule has 2 atom stereocenters. The van der Waals surface area contributed by atoms with Crippen molar-refractivity contribution in [3.63, 3.8) is 0 Å². The summed E-state index contributed by atoms with van der Waals surface area (Å²) in [5, 5.41) is 12.7. The van der Waals surface area contributed by atoms with E-state index in [2.05, 4.69) is 0 Å². The van der Waals surface area contributed by atoms with Gasteiger partial charge in [0.1, 0.15) is 6.10 Å². The second-order valence-electron chi connectivity index (χ2n) is 2.76. The van der Waals surface area contributed by atoms with Crippen LogP contribution in [0.3, 0.4) is 0 Å². The molecule has 0 saturated carbocycles. The van der Waals surface area contributed by atoms with Gasteiger partial charge >= 0.3 is 0 Å². The molecule has 0 radical (unpaired) electrons. The van der Waals surface area contributed by atoms with Crippen LogP contribution in [0.15, 0.2) is 10.8 Å². The van der Waals surface area contributed by atoms with Gasteiger partial charge in [-0.15, -0.1) is 11.3 Å². The molecule has 2 heterocycles. The van der Waals surface area contributed by atoms with Crippen LogP contribution in [0.25, 0.3) is 0 Å². The van der Waals surface area contributed by atoms with Gasteiger partial charge in [0.2, 0.25) is 0 Å². The Balaban J connectivity index is 2.23. The van der Waals surface area contributed by atoms with E-state index in [9.17, 15) is 0 Å². The first-order chi connectivity index (χ1) is 5.81. The summed E-state index contributed by atoms with van der Waals surface area (Å²) in [6.45, 7) is 1.89. The largest absolute Gasteiger partial charge is 0.482 e. The average Bonchev–Trinajstić information content (AvgIpc) is 2.49. The molecule has 0 spiro atoms. The standard InChI is InChI=1S/C8H10O3S/c1-5-6(2-9)11-8-4-12-3-7(8)10-5/h3-6,9H,2H2,1H3. The number of hydrogen-bond donors (Lipinski definition) is 1. The zero-order chi connectivity index (χ0) is 8.55. The fourth-order valence-electron chi connectivity index (χ4n) is 1.17. The van der Waals surface area contributed by atoms with Crippen molar-refractivity contribution in [1.82, 2.24) is 0 Å². The topological polar surface area (TPSA) is 38.7 Å². The molecule has 0 saturated heterocycles. The Morgan fingerprint density at radius 3 is 2.75 bits per heavy atom. The third-order valence-corrected chi connectivity index (χ3v) is 2.59. The highest BCUT2D eigenvalue weighted by Gasteiger charge is 2.27. The van der Waals surface area contributed by atoms with Gasteiger partial charge in [0.05, 0.1) is 6.61 Å². The fraction of sp³-hybridized carbons (Fsp3) is 0.500. The molecule has 0 fully saturated rings. The Bertz CT molecular complexity index is 271. The van der Waals surface area contributed by atoms with E-state index in [1.165, 1.54) is 11.3 Å². The van der Waals surface area contributed by atoms with E-state index < -0.39 is 0 Å². The van der Waals surface area contributed by atoms with Gasteiger partial charge < -0.3 is 14.6 Å². The van der Waals surface area contributed by atoms with Gasteiger partial charge in [-0.3, -0.25) is 0 Å². The number of ether oxygens (including phenoxy) is 2. The number of thiophene rings is 1. The van der Waals surface area contributed by atoms with E-state index in [0.717, 1.165) is 11.5 Å². The smallest absolute Gasteiger partial charge is 0.172 e. The van der Waals surface area contributed by atoms with E-state index in [4.69, 9.17) is 14.6 Å². The third-order valence-electron chi connectivity index (χ3n) is 1.89. The number of hydrogen-bond acceptors (Lipinski definition) is 4. The number of aliphatic hydroxyl groups is 1. The normalized spacial score (nSPS) is 27.2. The predicted molar refractivity (Wildman–Crippen MR) is 45.9 cm³/mol. The maximum absolute atomic E-state index is 8.92. The molecule has 1 N–H and O–H groups in total. The fourth-order valence-corrected chi connectivity index (χ4v) is 1.82. The molecular weight excluding hydrogens is 176 g/mol. The van der Waals surface area contributed by atoms with Crippen molar-refractivity contribution in [3.8, 4) is 11.5 Å². The second kappa shape index (κ2) is 2.95. The van der Waals surface area contributed by atoms with Crippen LogP contribution in [0, 0.1) is 0 Å². The molecule has 4 heteroatoms. The molecule has 1 aromatic rings. The summed E-state index contributed by atoms with van der Waals surface area (Å²) in [5.41, 5.74) is 0. The summed E-state index contributed by atoms with van der Waals surface area (Å²) in [5.74, 6) is 1.54. The van der Waals surface area contributed by atoms with E-state index in [0.29, 0.717) is 0 Å². The van der Waals surface area contributed by atoms with E-state index in [1.807, 2.05) is 17.7 Å². The Labute approximate surface area is 74.5 Å². The lowest BCUT2D eigenvalue weighted by molar-refractivity contribution is -0.000938. The molecule has 0 aliphatic carbocycles. The zero-order valence-corrected chi connectivity index (χ0v) is 7.50. The second-order valence-corrected chi connectivity index (χ2v) is 3.51. The zero-order valence-electron chi connectivity index (χ0n) is 6.69. The summed E-state index contributed by atoms with van der Waals surface area (Å²) in [6.07, 6.45) is -0.302. The van der Waals surface area contributed by atoms with Crippen molar-refractivity contribution in [2.45, 2.75) is 19.1 Å². The van der Waals surface area contributed by atoms with E-state index >= 15 is 0 Å². The maximum atomic E-state index is 8.92. The molecule has 2 unspecified atom stereocenters. The molecular formula is C8H10O3S. The lowest BCUT2D eigenvalue weighted by Crippen LogP contribution is -2.39. The lowest BCUT2D eigenvalue weighted by Gasteiger charge is -2.28. The molecule has 0 amide bonds. The van der Waals surface area contributed by atoms with Gasteiger partial charge in [0.15, 0.2) is 17.6 Å². The van der Waals surface area contributed by atoms with Crippen molar-refractivity contribution in [2.75, 3.05) is 6.61 Å². The minimum Gasteiger partial charge on any atom is -0.482 e. The van der Waals surface area contributed by atoms with Crippen LogP contribution in [-0.2, 0) is 0 Å². The maximum Gasteiger partial charge on any atom is 0.172 e. The average molecular weight is 186 g/mol. The summed E-state index contributed by atoms with van der Waals surface area (Å²) < 4.78 is 11.0.